The zero-order valence-corrected chi connectivity index (χ0v) is 18.9. The van der Waals surface area contributed by atoms with Gasteiger partial charge in [0.15, 0.2) is 5.78 Å². The molecule has 6 aliphatic carbocycles. The van der Waals surface area contributed by atoms with E-state index >= 15 is 0 Å². The van der Waals surface area contributed by atoms with E-state index < -0.39 is 0 Å². The van der Waals surface area contributed by atoms with Gasteiger partial charge in [0.1, 0.15) is 12.4 Å². The fourth-order valence-electron chi connectivity index (χ4n) is 9.23. The number of ether oxygens (including phenoxy) is 1. The quantitative estimate of drug-likeness (QED) is 0.585. The Hall–Kier alpha value is -1.45. The first-order valence-corrected chi connectivity index (χ1v) is 12.8. The van der Waals surface area contributed by atoms with Crippen molar-refractivity contribution >= 4 is 17.5 Å². The van der Waals surface area contributed by atoms with Gasteiger partial charge in [-0.1, -0.05) is 12.5 Å². The van der Waals surface area contributed by atoms with Crippen molar-refractivity contribution < 1.29 is 19.1 Å². The summed E-state index contributed by atoms with van der Waals surface area (Å²) in [7, 11) is 0. The van der Waals surface area contributed by atoms with E-state index in [0.717, 1.165) is 70.1 Å². The van der Waals surface area contributed by atoms with E-state index in [4.69, 9.17) is 4.74 Å². The summed E-state index contributed by atoms with van der Waals surface area (Å²) in [6, 6.07) is 0. The predicted octanol–water partition coefficient (Wildman–Crippen LogP) is 5.19. The summed E-state index contributed by atoms with van der Waals surface area (Å²) < 4.78 is 6.23. The Morgan fingerprint density at radius 2 is 1.77 bits per heavy atom. The van der Waals surface area contributed by atoms with Crippen molar-refractivity contribution in [2.45, 2.75) is 90.4 Å². The number of hydrogen-bond donors (Lipinski definition) is 0. The van der Waals surface area contributed by atoms with Crippen LogP contribution in [0.2, 0.25) is 0 Å². The van der Waals surface area contributed by atoms with Crippen LogP contribution in [-0.4, -0.2) is 24.1 Å². The Kier molecular flexibility index (Phi) is 4.41. The molecule has 0 saturated heterocycles. The molecular weight excluding hydrogens is 388 g/mol. The van der Waals surface area contributed by atoms with Crippen molar-refractivity contribution in [3.05, 3.63) is 11.6 Å². The normalized spacial score (nSPS) is 48.1. The smallest absolute Gasteiger partial charge is 0.312 e. The summed E-state index contributed by atoms with van der Waals surface area (Å²) in [6.07, 6.45) is 14.4. The van der Waals surface area contributed by atoms with E-state index in [1.165, 1.54) is 18.4 Å². The van der Waals surface area contributed by atoms with Gasteiger partial charge in [-0.05, 0) is 100 Å². The first-order chi connectivity index (χ1) is 14.9. The highest BCUT2D eigenvalue weighted by molar-refractivity contribution is 5.92. The SMILES string of the molecule is C[C@]12CC[C@@H]3[C@@H](CCC4=CC(=O)CC[C@@]43COC(=O)C34CCC(CC3)C4)[C@@H]1CCC2=O. The largest absolute Gasteiger partial charge is 0.464 e. The Labute approximate surface area is 185 Å². The number of carbonyl (C=O) groups is 3. The fraction of sp³-hybridized carbons (Fsp3) is 0.815. The second-order valence-corrected chi connectivity index (χ2v) is 12.1. The Morgan fingerprint density at radius 1 is 0.968 bits per heavy atom. The van der Waals surface area contributed by atoms with Gasteiger partial charge in [-0.15, -0.1) is 0 Å². The van der Waals surface area contributed by atoms with E-state index in [-0.39, 0.29) is 28.0 Å². The Bertz CT molecular complexity index is 862. The summed E-state index contributed by atoms with van der Waals surface area (Å²) in [5.74, 6) is 2.90. The maximum absolute atomic E-state index is 13.3. The van der Waals surface area contributed by atoms with Gasteiger partial charge in [0.25, 0.3) is 0 Å². The van der Waals surface area contributed by atoms with Crippen molar-refractivity contribution in [2.75, 3.05) is 6.61 Å². The summed E-state index contributed by atoms with van der Waals surface area (Å²) in [5, 5.41) is 0. The number of carbonyl (C=O) groups excluding carboxylic acids is 3. The molecule has 0 spiro atoms. The summed E-state index contributed by atoms with van der Waals surface area (Å²) in [5.41, 5.74) is 0.713. The molecule has 0 aromatic rings. The van der Waals surface area contributed by atoms with Crippen LogP contribution in [0.3, 0.4) is 0 Å². The first-order valence-electron chi connectivity index (χ1n) is 12.8. The van der Waals surface area contributed by atoms with Crippen LogP contribution in [-0.2, 0) is 19.1 Å². The van der Waals surface area contributed by atoms with Gasteiger partial charge in [-0.3, -0.25) is 14.4 Å². The van der Waals surface area contributed by atoms with Crippen LogP contribution in [0.25, 0.3) is 0 Å². The van der Waals surface area contributed by atoms with Crippen LogP contribution >= 0.6 is 0 Å². The highest BCUT2D eigenvalue weighted by atomic mass is 16.5. The predicted molar refractivity (Wildman–Crippen MR) is 116 cm³/mol. The third kappa shape index (κ3) is 2.75. The summed E-state index contributed by atoms with van der Waals surface area (Å²) in [6.45, 7) is 2.66. The van der Waals surface area contributed by atoms with E-state index in [9.17, 15) is 14.4 Å². The van der Waals surface area contributed by atoms with Gasteiger partial charge >= 0.3 is 5.97 Å². The van der Waals surface area contributed by atoms with Gasteiger partial charge in [0.05, 0.1) is 5.41 Å². The fourth-order valence-corrected chi connectivity index (χ4v) is 9.23. The van der Waals surface area contributed by atoms with E-state index in [1.54, 1.807) is 0 Å². The molecule has 4 nitrogen and oxygen atoms in total. The molecule has 0 aromatic carbocycles. The molecule has 0 aliphatic heterocycles. The molecule has 168 valence electrons. The number of rotatable bonds is 3. The van der Waals surface area contributed by atoms with Crippen LogP contribution < -0.4 is 0 Å². The van der Waals surface area contributed by atoms with Gasteiger partial charge < -0.3 is 4.74 Å². The van der Waals surface area contributed by atoms with E-state index in [0.29, 0.717) is 36.6 Å². The standard InChI is InChI=1S/C27H36O4/c1-25-10-9-22-20(21(25)4-5-23(25)29)3-2-18-14-19(28)8-13-27(18,22)16-31-24(30)26-11-6-17(15-26)7-12-26/h14,17,20-22H,2-13,15-16H2,1H3/t17?,20-,21-,22+,25-,26?,27+/m0/s1. The third-order valence-electron chi connectivity index (χ3n) is 11.0. The van der Waals surface area contributed by atoms with Crippen LogP contribution in [0.1, 0.15) is 90.4 Å². The highest BCUT2D eigenvalue weighted by Crippen LogP contribution is 2.65. The lowest BCUT2D eigenvalue weighted by Crippen LogP contribution is -2.53. The van der Waals surface area contributed by atoms with Crippen LogP contribution in [0, 0.1) is 39.9 Å². The maximum atomic E-state index is 13.3. The summed E-state index contributed by atoms with van der Waals surface area (Å²) >= 11 is 0. The minimum Gasteiger partial charge on any atom is -0.464 e. The second-order valence-electron chi connectivity index (χ2n) is 12.1. The van der Waals surface area contributed by atoms with Crippen LogP contribution in [0.4, 0.5) is 0 Å². The van der Waals surface area contributed by atoms with Gasteiger partial charge in [-0.25, -0.2) is 0 Å². The highest BCUT2D eigenvalue weighted by Gasteiger charge is 2.61. The number of hydrogen-bond acceptors (Lipinski definition) is 4. The number of Topliss-reactive ketones (excluding diaryl/α,β-unsaturated/α-hetero) is 1. The molecule has 5 fully saturated rings. The average Bonchev–Trinajstić information content (AvgIpc) is 3.46. The van der Waals surface area contributed by atoms with Crippen LogP contribution in [0.5, 0.6) is 0 Å². The molecule has 0 N–H and O–H groups in total. The van der Waals surface area contributed by atoms with Crippen molar-refractivity contribution in [3.63, 3.8) is 0 Å². The Balaban J connectivity index is 1.29. The maximum Gasteiger partial charge on any atom is 0.312 e. The minimum atomic E-state index is -0.216. The molecule has 6 aliphatic rings. The molecule has 5 saturated carbocycles. The van der Waals surface area contributed by atoms with Crippen molar-refractivity contribution in [1.29, 1.82) is 0 Å². The molecule has 0 aromatic heterocycles. The van der Waals surface area contributed by atoms with Gasteiger partial charge in [0, 0.05) is 23.7 Å². The molecule has 6 rings (SSSR count). The van der Waals surface area contributed by atoms with Crippen LogP contribution in [0.15, 0.2) is 11.6 Å². The second kappa shape index (κ2) is 6.78. The lowest BCUT2D eigenvalue weighted by molar-refractivity contribution is -0.163. The third-order valence-corrected chi connectivity index (χ3v) is 11.0. The number of fused-ring (bicyclic) bond motifs is 7. The first kappa shape index (κ1) is 20.2. The van der Waals surface area contributed by atoms with Crippen molar-refractivity contribution in [3.8, 4) is 0 Å². The summed E-state index contributed by atoms with van der Waals surface area (Å²) in [4.78, 5) is 38.3. The van der Waals surface area contributed by atoms with Gasteiger partial charge in [0.2, 0.25) is 0 Å². The molecule has 0 heterocycles. The number of esters is 1. The molecule has 31 heavy (non-hydrogen) atoms. The lowest BCUT2D eigenvalue weighted by Gasteiger charge is -2.57. The molecule has 0 radical (unpaired) electrons. The minimum absolute atomic E-state index is 0.0388. The number of ketones is 2. The average molecular weight is 425 g/mol. The topological polar surface area (TPSA) is 60.4 Å². The molecule has 0 amide bonds. The van der Waals surface area contributed by atoms with E-state index in [1.807, 2.05) is 6.08 Å². The van der Waals surface area contributed by atoms with Gasteiger partial charge in [-0.2, -0.15) is 0 Å². The van der Waals surface area contributed by atoms with Crippen molar-refractivity contribution in [1.82, 2.24) is 0 Å². The zero-order valence-electron chi connectivity index (χ0n) is 18.9. The molecule has 4 heteroatoms. The molecule has 5 atom stereocenters. The zero-order chi connectivity index (χ0) is 21.4. The van der Waals surface area contributed by atoms with Crippen molar-refractivity contribution in [2.24, 2.45) is 39.9 Å². The molecular formula is C27H36O4. The molecule has 2 bridgehead atoms. The Morgan fingerprint density at radius 3 is 2.52 bits per heavy atom. The molecule has 0 unspecified atom stereocenters. The van der Waals surface area contributed by atoms with E-state index in [2.05, 4.69) is 6.92 Å². The lowest BCUT2D eigenvalue weighted by atomic mass is 9.47. The monoisotopic (exact) mass is 424 g/mol.